The maximum atomic E-state index is 5.87. The Balaban J connectivity index is 1.47. The quantitative estimate of drug-likeness (QED) is 0.440. The molecule has 4 aromatic heterocycles. The van der Waals surface area contributed by atoms with Gasteiger partial charge < -0.3 is 19.5 Å². The van der Waals surface area contributed by atoms with Crippen LogP contribution in [0.25, 0.3) is 33.6 Å². The lowest BCUT2D eigenvalue weighted by Crippen LogP contribution is -1.97. The molecular formula is C21H19N7O2. The molecule has 9 nitrogen and oxygen atoms in total. The Morgan fingerprint density at radius 3 is 2.90 bits per heavy atom. The third-order valence-electron chi connectivity index (χ3n) is 4.65. The van der Waals surface area contributed by atoms with Crippen molar-refractivity contribution < 1.29 is 9.15 Å². The number of H-pyrrole nitrogens is 1. The molecule has 1 aromatic carbocycles. The molecule has 150 valence electrons. The summed E-state index contributed by atoms with van der Waals surface area (Å²) in [6.45, 7) is 2.50. The van der Waals surface area contributed by atoms with E-state index in [9.17, 15) is 0 Å². The maximum Gasteiger partial charge on any atom is 0.320 e. The van der Waals surface area contributed by atoms with E-state index in [0.29, 0.717) is 12.5 Å². The summed E-state index contributed by atoms with van der Waals surface area (Å²) in [5.74, 6) is 1.11. The van der Waals surface area contributed by atoms with Gasteiger partial charge in [-0.15, -0.1) is 5.10 Å². The first-order chi connectivity index (χ1) is 14.7. The van der Waals surface area contributed by atoms with Crippen molar-refractivity contribution in [3.8, 4) is 28.3 Å². The van der Waals surface area contributed by atoms with E-state index in [1.165, 1.54) is 0 Å². The number of hydrogen-bond donors (Lipinski definition) is 2. The van der Waals surface area contributed by atoms with Gasteiger partial charge >= 0.3 is 6.01 Å². The van der Waals surface area contributed by atoms with Crippen LogP contribution in [0.3, 0.4) is 0 Å². The normalized spacial score (nSPS) is 11.1. The van der Waals surface area contributed by atoms with E-state index in [1.807, 2.05) is 62.9 Å². The average Bonchev–Trinajstić information content (AvgIpc) is 3.48. The smallest absolute Gasteiger partial charge is 0.320 e. The van der Waals surface area contributed by atoms with E-state index in [-0.39, 0.29) is 6.01 Å². The average molecular weight is 401 g/mol. The summed E-state index contributed by atoms with van der Waals surface area (Å²) in [6, 6.07) is 9.91. The Labute approximate surface area is 171 Å². The number of anilines is 2. The van der Waals surface area contributed by atoms with Gasteiger partial charge in [-0.3, -0.25) is 4.68 Å². The van der Waals surface area contributed by atoms with Gasteiger partial charge in [0.05, 0.1) is 24.1 Å². The van der Waals surface area contributed by atoms with Crippen LogP contribution >= 0.6 is 0 Å². The van der Waals surface area contributed by atoms with Crippen LogP contribution in [-0.2, 0) is 7.05 Å². The lowest BCUT2D eigenvalue weighted by Gasteiger charge is -2.09. The molecule has 5 rings (SSSR count). The van der Waals surface area contributed by atoms with Crippen LogP contribution in [0.4, 0.5) is 11.7 Å². The Kier molecular flexibility index (Phi) is 4.40. The van der Waals surface area contributed by atoms with Gasteiger partial charge in [-0.1, -0.05) is 17.2 Å². The molecule has 0 aliphatic rings. The molecule has 0 atom stereocenters. The highest BCUT2D eigenvalue weighted by Crippen LogP contribution is 2.32. The molecule has 9 heteroatoms. The fourth-order valence-corrected chi connectivity index (χ4v) is 3.26. The lowest BCUT2D eigenvalue weighted by molar-refractivity contribution is 0.342. The Bertz CT molecular complexity index is 1320. The fourth-order valence-electron chi connectivity index (χ4n) is 3.26. The first-order valence-corrected chi connectivity index (χ1v) is 9.50. The fraction of sp³-hybridized carbons (Fsp3) is 0.143. The first kappa shape index (κ1) is 17.9. The Morgan fingerprint density at radius 2 is 2.07 bits per heavy atom. The summed E-state index contributed by atoms with van der Waals surface area (Å²) >= 11 is 0. The highest BCUT2D eigenvalue weighted by atomic mass is 16.5. The Hall–Kier alpha value is -4.14. The predicted molar refractivity (Wildman–Crippen MR) is 112 cm³/mol. The van der Waals surface area contributed by atoms with Gasteiger partial charge in [-0.05, 0) is 25.1 Å². The minimum absolute atomic E-state index is 0.280. The molecule has 0 fully saturated rings. The second-order valence-electron chi connectivity index (χ2n) is 6.69. The van der Waals surface area contributed by atoms with Crippen molar-refractivity contribution in [1.29, 1.82) is 0 Å². The van der Waals surface area contributed by atoms with Crippen LogP contribution in [0, 0.1) is 0 Å². The zero-order valence-corrected chi connectivity index (χ0v) is 16.5. The summed E-state index contributed by atoms with van der Waals surface area (Å²) in [5.41, 5.74) is 4.22. The molecule has 0 aliphatic carbocycles. The minimum Gasteiger partial charge on any atom is -0.492 e. The van der Waals surface area contributed by atoms with E-state index in [4.69, 9.17) is 9.15 Å². The number of rotatable bonds is 6. The van der Waals surface area contributed by atoms with Gasteiger partial charge in [-0.25, -0.2) is 4.98 Å². The summed E-state index contributed by atoms with van der Waals surface area (Å²) in [6.07, 6.45) is 7.38. The van der Waals surface area contributed by atoms with E-state index in [0.717, 1.165) is 39.2 Å². The van der Waals surface area contributed by atoms with Crippen molar-refractivity contribution in [1.82, 2.24) is 29.9 Å². The number of aromatic amines is 1. The highest BCUT2D eigenvalue weighted by molar-refractivity contribution is 5.93. The molecule has 5 aromatic rings. The number of ether oxygens (including phenoxy) is 1. The molecule has 0 aliphatic heterocycles. The third kappa shape index (κ3) is 3.26. The number of pyridine rings is 1. The molecule has 4 heterocycles. The van der Waals surface area contributed by atoms with Gasteiger partial charge in [0.15, 0.2) is 0 Å². The predicted octanol–water partition coefficient (Wildman–Crippen LogP) is 4.16. The number of aryl methyl sites for hydroxylation is 1. The molecule has 0 saturated heterocycles. The summed E-state index contributed by atoms with van der Waals surface area (Å²) in [5, 5.41) is 16.6. The first-order valence-electron chi connectivity index (χ1n) is 9.50. The largest absolute Gasteiger partial charge is 0.492 e. The number of hydrogen-bond acceptors (Lipinski definition) is 7. The number of nitrogens with zero attached hydrogens (tertiary/aromatic N) is 5. The van der Waals surface area contributed by atoms with Crippen molar-refractivity contribution in [2.24, 2.45) is 7.05 Å². The van der Waals surface area contributed by atoms with Crippen LogP contribution in [0.2, 0.25) is 0 Å². The molecule has 0 saturated carbocycles. The second-order valence-corrected chi connectivity index (χ2v) is 6.69. The van der Waals surface area contributed by atoms with Crippen LogP contribution in [0.1, 0.15) is 6.92 Å². The van der Waals surface area contributed by atoms with Gasteiger partial charge in [0.1, 0.15) is 11.4 Å². The maximum absolute atomic E-state index is 5.87. The standard InChI is InChI=1S/C21H19N7O2/c1-3-29-18-7-5-4-6-17(18)25-21-27-26-20(30-21)16-11-23-19-15(16)8-13(9-22-19)14-10-24-28(2)12-14/h4-12H,3H2,1-2H3,(H,22,23)(H,25,27). The topological polar surface area (TPSA) is 107 Å². The van der Waals surface area contributed by atoms with Gasteiger partial charge in [0.2, 0.25) is 0 Å². The van der Waals surface area contributed by atoms with E-state index < -0.39 is 0 Å². The van der Waals surface area contributed by atoms with Gasteiger partial charge in [-0.2, -0.15) is 5.10 Å². The van der Waals surface area contributed by atoms with Crippen molar-refractivity contribution in [3.63, 3.8) is 0 Å². The summed E-state index contributed by atoms with van der Waals surface area (Å²) in [4.78, 5) is 7.66. The third-order valence-corrected chi connectivity index (χ3v) is 4.65. The molecule has 0 unspecified atom stereocenters. The number of para-hydroxylation sites is 2. The number of aromatic nitrogens is 6. The van der Waals surface area contributed by atoms with Crippen LogP contribution in [0.15, 0.2) is 59.5 Å². The monoisotopic (exact) mass is 401 g/mol. The molecule has 0 spiro atoms. The van der Waals surface area contributed by atoms with Crippen LogP contribution in [0.5, 0.6) is 5.75 Å². The lowest BCUT2D eigenvalue weighted by atomic mass is 10.1. The zero-order valence-electron chi connectivity index (χ0n) is 16.5. The van der Waals surface area contributed by atoms with Gasteiger partial charge in [0, 0.05) is 42.2 Å². The Morgan fingerprint density at radius 1 is 1.17 bits per heavy atom. The van der Waals surface area contributed by atoms with E-state index in [1.54, 1.807) is 10.9 Å². The molecule has 0 amide bonds. The minimum atomic E-state index is 0.280. The van der Waals surface area contributed by atoms with Crippen molar-refractivity contribution in [2.45, 2.75) is 6.92 Å². The number of nitrogens with one attached hydrogen (secondary N) is 2. The zero-order chi connectivity index (χ0) is 20.5. The summed E-state index contributed by atoms with van der Waals surface area (Å²) < 4.78 is 13.3. The second kappa shape index (κ2) is 7.36. The van der Waals surface area contributed by atoms with Crippen molar-refractivity contribution in [2.75, 3.05) is 11.9 Å². The molecule has 0 bridgehead atoms. The number of fused-ring (bicyclic) bond motifs is 1. The summed E-state index contributed by atoms with van der Waals surface area (Å²) in [7, 11) is 1.88. The molecule has 30 heavy (non-hydrogen) atoms. The number of benzene rings is 1. The molecule has 0 radical (unpaired) electrons. The van der Waals surface area contributed by atoms with Crippen LogP contribution in [-0.4, -0.2) is 36.6 Å². The SMILES string of the molecule is CCOc1ccccc1Nc1nnc(-c2c[nH]c3ncc(-c4cnn(C)c4)cc23)o1. The van der Waals surface area contributed by atoms with E-state index in [2.05, 4.69) is 30.6 Å². The van der Waals surface area contributed by atoms with E-state index >= 15 is 0 Å². The molecular weight excluding hydrogens is 382 g/mol. The van der Waals surface area contributed by atoms with Crippen molar-refractivity contribution >= 4 is 22.7 Å². The molecule has 2 N–H and O–H groups in total. The highest BCUT2D eigenvalue weighted by Gasteiger charge is 2.16. The van der Waals surface area contributed by atoms with Gasteiger partial charge in [0.25, 0.3) is 5.89 Å². The van der Waals surface area contributed by atoms with Crippen molar-refractivity contribution in [3.05, 3.63) is 55.1 Å². The van der Waals surface area contributed by atoms with Crippen LogP contribution < -0.4 is 10.1 Å².